The summed E-state index contributed by atoms with van der Waals surface area (Å²) in [5, 5.41) is 3.09. The number of aromatic nitrogens is 2. The summed E-state index contributed by atoms with van der Waals surface area (Å²) in [5.41, 5.74) is 1.20. The first kappa shape index (κ1) is 15.4. The summed E-state index contributed by atoms with van der Waals surface area (Å²) in [5.74, 6) is 0.766. The molecule has 2 aromatic rings. The van der Waals surface area contributed by atoms with Gasteiger partial charge in [0.2, 0.25) is 0 Å². The fourth-order valence-corrected chi connectivity index (χ4v) is 3.12. The van der Waals surface area contributed by atoms with Crippen LogP contribution in [0.2, 0.25) is 5.02 Å². The molecule has 0 radical (unpaired) electrons. The number of rotatable bonds is 3. The first-order valence-electron chi connectivity index (χ1n) is 6.15. The fraction of sp³-hybridized carbons (Fsp3) is 0.286. The van der Waals surface area contributed by atoms with Crippen LogP contribution in [-0.4, -0.2) is 17.0 Å². The second-order valence-corrected chi connectivity index (χ2v) is 6.09. The van der Waals surface area contributed by atoms with Gasteiger partial charge in [-0.1, -0.05) is 31.5 Å². The van der Waals surface area contributed by atoms with Crippen molar-refractivity contribution in [2.75, 3.05) is 12.4 Å². The van der Waals surface area contributed by atoms with Crippen molar-refractivity contribution in [3.8, 4) is 11.4 Å². The highest BCUT2D eigenvalue weighted by atomic mass is 127. The van der Waals surface area contributed by atoms with E-state index in [9.17, 15) is 4.39 Å². The highest BCUT2D eigenvalue weighted by molar-refractivity contribution is 14.1. The normalized spacial score (nSPS) is 10.9. The molecule has 106 valence electrons. The Balaban J connectivity index is 2.68. The summed E-state index contributed by atoms with van der Waals surface area (Å²) in [7, 11) is 1.78. The summed E-state index contributed by atoms with van der Waals surface area (Å²) in [6.45, 7) is 4.09. The average Bonchev–Trinajstić information content (AvgIpc) is 2.42. The van der Waals surface area contributed by atoms with E-state index in [0.717, 1.165) is 9.26 Å². The lowest BCUT2D eigenvalue weighted by atomic mass is 10.1. The van der Waals surface area contributed by atoms with E-state index in [0.29, 0.717) is 17.2 Å². The van der Waals surface area contributed by atoms with Crippen LogP contribution in [0.5, 0.6) is 0 Å². The number of hydrogen-bond donors (Lipinski definition) is 1. The highest BCUT2D eigenvalue weighted by Gasteiger charge is 2.18. The third-order valence-corrected chi connectivity index (χ3v) is 4.21. The number of hydrogen-bond acceptors (Lipinski definition) is 3. The Morgan fingerprint density at radius 3 is 2.60 bits per heavy atom. The number of benzene rings is 1. The molecule has 0 bridgehead atoms. The minimum Gasteiger partial charge on any atom is -0.372 e. The van der Waals surface area contributed by atoms with E-state index in [-0.39, 0.29) is 10.9 Å². The molecule has 0 aliphatic carbocycles. The number of halogens is 3. The number of nitrogens with one attached hydrogen (secondary N) is 1. The molecule has 0 unspecified atom stereocenters. The molecular weight excluding hydrogens is 392 g/mol. The minimum atomic E-state index is -0.493. The Morgan fingerprint density at radius 2 is 2.00 bits per heavy atom. The van der Waals surface area contributed by atoms with Crippen LogP contribution in [0.3, 0.4) is 0 Å². The Morgan fingerprint density at radius 1 is 1.30 bits per heavy atom. The SMILES string of the molecule is CNc1nc(-c2cccc(Cl)c2F)nc(C(C)C)c1I. The smallest absolute Gasteiger partial charge is 0.164 e. The molecule has 0 atom stereocenters. The van der Waals surface area contributed by atoms with E-state index in [1.54, 1.807) is 19.2 Å². The van der Waals surface area contributed by atoms with E-state index in [4.69, 9.17) is 11.6 Å². The van der Waals surface area contributed by atoms with E-state index in [2.05, 4.69) is 37.9 Å². The van der Waals surface area contributed by atoms with Crippen LogP contribution < -0.4 is 5.32 Å². The number of nitrogens with zero attached hydrogens (tertiary/aromatic N) is 2. The molecule has 3 nitrogen and oxygen atoms in total. The zero-order valence-corrected chi connectivity index (χ0v) is 14.3. The van der Waals surface area contributed by atoms with Crippen molar-refractivity contribution in [2.24, 2.45) is 0 Å². The van der Waals surface area contributed by atoms with Gasteiger partial charge in [-0.15, -0.1) is 0 Å². The van der Waals surface area contributed by atoms with Crippen LogP contribution >= 0.6 is 34.2 Å². The Hall–Kier alpha value is -0.950. The molecule has 20 heavy (non-hydrogen) atoms. The van der Waals surface area contributed by atoms with Crippen LogP contribution in [0.25, 0.3) is 11.4 Å². The first-order chi connectivity index (χ1) is 9.45. The van der Waals surface area contributed by atoms with Gasteiger partial charge in [0.15, 0.2) is 11.6 Å². The minimum absolute atomic E-state index is 0.0711. The molecule has 1 N–H and O–H groups in total. The molecule has 0 fully saturated rings. The predicted molar refractivity (Wildman–Crippen MR) is 88.8 cm³/mol. The molecule has 0 aliphatic heterocycles. The van der Waals surface area contributed by atoms with Gasteiger partial charge >= 0.3 is 0 Å². The lowest BCUT2D eigenvalue weighted by molar-refractivity contribution is 0.630. The van der Waals surface area contributed by atoms with Gasteiger partial charge in [0.25, 0.3) is 0 Å². The van der Waals surface area contributed by atoms with Crippen LogP contribution in [0.1, 0.15) is 25.5 Å². The van der Waals surface area contributed by atoms with Crippen LogP contribution in [-0.2, 0) is 0 Å². The zero-order chi connectivity index (χ0) is 14.9. The van der Waals surface area contributed by atoms with Crippen LogP contribution in [0.15, 0.2) is 18.2 Å². The molecule has 1 aromatic carbocycles. The summed E-state index contributed by atoms with van der Waals surface area (Å²) in [4.78, 5) is 8.87. The van der Waals surface area contributed by atoms with Gasteiger partial charge < -0.3 is 5.32 Å². The van der Waals surface area contributed by atoms with E-state index in [1.165, 1.54) is 6.07 Å². The second-order valence-electron chi connectivity index (χ2n) is 4.60. The topological polar surface area (TPSA) is 37.8 Å². The summed E-state index contributed by atoms with van der Waals surface area (Å²) in [6, 6.07) is 4.83. The Kier molecular flexibility index (Phi) is 4.80. The van der Waals surface area contributed by atoms with Crippen molar-refractivity contribution in [2.45, 2.75) is 19.8 Å². The molecule has 0 amide bonds. The predicted octanol–water partition coefficient (Wildman–Crippen LogP) is 4.71. The second kappa shape index (κ2) is 6.22. The lowest BCUT2D eigenvalue weighted by Gasteiger charge is -2.14. The van der Waals surface area contributed by atoms with Gasteiger partial charge in [-0.25, -0.2) is 14.4 Å². The molecular formula is C14H14ClFIN3. The maximum Gasteiger partial charge on any atom is 0.164 e. The van der Waals surface area contributed by atoms with Crippen molar-refractivity contribution >= 4 is 40.0 Å². The van der Waals surface area contributed by atoms with Crippen molar-refractivity contribution in [3.63, 3.8) is 0 Å². The van der Waals surface area contributed by atoms with Gasteiger partial charge in [0.05, 0.1) is 19.9 Å². The Labute approximate surface area is 136 Å². The molecule has 2 rings (SSSR count). The third-order valence-electron chi connectivity index (χ3n) is 2.85. The summed E-state index contributed by atoms with van der Waals surface area (Å²) < 4.78 is 15.1. The third kappa shape index (κ3) is 2.88. The number of anilines is 1. The van der Waals surface area contributed by atoms with E-state index < -0.39 is 5.82 Å². The van der Waals surface area contributed by atoms with E-state index in [1.807, 2.05) is 13.8 Å². The molecule has 0 saturated carbocycles. The maximum atomic E-state index is 14.1. The molecule has 0 aliphatic rings. The van der Waals surface area contributed by atoms with Crippen molar-refractivity contribution < 1.29 is 4.39 Å². The summed E-state index contributed by atoms with van der Waals surface area (Å²) >= 11 is 8.02. The Bertz CT molecular complexity index is 647. The van der Waals surface area contributed by atoms with E-state index >= 15 is 0 Å². The molecule has 6 heteroatoms. The van der Waals surface area contributed by atoms with Crippen LogP contribution in [0.4, 0.5) is 10.2 Å². The largest absolute Gasteiger partial charge is 0.372 e. The molecule has 0 spiro atoms. The lowest BCUT2D eigenvalue weighted by Crippen LogP contribution is -2.07. The molecule has 1 heterocycles. The summed E-state index contributed by atoms with van der Waals surface area (Å²) in [6.07, 6.45) is 0. The molecule has 0 saturated heterocycles. The van der Waals surface area contributed by atoms with Crippen LogP contribution in [0, 0.1) is 9.39 Å². The maximum absolute atomic E-state index is 14.1. The van der Waals surface area contributed by atoms with Gasteiger partial charge in [-0.05, 0) is 40.6 Å². The fourth-order valence-electron chi connectivity index (χ4n) is 1.81. The van der Waals surface area contributed by atoms with Gasteiger partial charge in [-0.2, -0.15) is 0 Å². The first-order valence-corrected chi connectivity index (χ1v) is 7.61. The zero-order valence-electron chi connectivity index (χ0n) is 11.3. The van der Waals surface area contributed by atoms with Gasteiger partial charge in [-0.3, -0.25) is 0 Å². The quantitative estimate of drug-likeness (QED) is 0.752. The highest BCUT2D eigenvalue weighted by Crippen LogP contribution is 2.30. The van der Waals surface area contributed by atoms with Crippen molar-refractivity contribution in [1.29, 1.82) is 0 Å². The average molecular weight is 406 g/mol. The van der Waals surface area contributed by atoms with Gasteiger partial charge in [0, 0.05) is 7.05 Å². The molecule has 1 aromatic heterocycles. The standard InChI is InChI=1S/C14H14ClFIN3/c1-7(2)12-11(17)14(18-3)20-13(19-12)8-5-4-6-9(15)10(8)16/h4-7H,1-3H3,(H,18,19,20). The monoisotopic (exact) mass is 405 g/mol. The van der Waals surface area contributed by atoms with Gasteiger partial charge in [0.1, 0.15) is 5.82 Å². The van der Waals surface area contributed by atoms with Crippen molar-refractivity contribution in [3.05, 3.63) is 38.3 Å². The van der Waals surface area contributed by atoms with Crippen molar-refractivity contribution in [1.82, 2.24) is 9.97 Å².